The van der Waals surface area contributed by atoms with E-state index in [0.717, 1.165) is 26.8 Å². The Hall–Kier alpha value is -1.64. The van der Waals surface area contributed by atoms with Gasteiger partial charge in [0.05, 0.1) is 6.10 Å². The first-order valence-electron chi connectivity index (χ1n) is 7.41. The van der Waals surface area contributed by atoms with Crippen LogP contribution in [0.2, 0.25) is 0 Å². The number of fused-ring (bicyclic) bond motifs is 1. The van der Waals surface area contributed by atoms with Crippen LogP contribution in [-0.4, -0.2) is 43.2 Å². The number of aromatic nitrogens is 4. The first kappa shape index (κ1) is 17.2. The van der Waals surface area contributed by atoms with Gasteiger partial charge in [-0.2, -0.15) is 0 Å². The number of ether oxygens (including phenoxy) is 1. The summed E-state index contributed by atoms with van der Waals surface area (Å²) in [7, 11) is 0. The molecular formula is C16H17BrN4O2S. The smallest absolute Gasteiger partial charge is 0.256 e. The SMILES string of the molecule is Cc1cc(C)n2c(SC[C@@H](O)COc3ccc(Br)cc3)nnc2n1. The normalized spacial score (nSPS) is 12.5. The zero-order chi connectivity index (χ0) is 17.1. The van der Waals surface area contributed by atoms with Crippen LogP contribution in [0.3, 0.4) is 0 Å². The van der Waals surface area contributed by atoms with Crippen molar-refractivity contribution in [1.82, 2.24) is 19.6 Å². The molecule has 0 bridgehead atoms. The van der Waals surface area contributed by atoms with Crippen LogP contribution in [0.4, 0.5) is 0 Å². The van der Waals surface area contributed by atoms with E-state index in [9.17, 15) is 5.11 Å². The van der Waals surface area contributed by atoms with E-state index in [1.165, 1.54) is 11.8 Å². The second-order valence-electron chi connectivity index (χ2n) is 5.39. The quantitative estimate of drug-likeness (QED) is 0.631. The fraction of sp³-hybridized carbons (Fsp3) is 0.312. The zero-order valence-electron chi connectivity index (χ0n) is 13.3. The van der Waals surface area contributed by atoms with Crippen molar-refractivity contribution in [2.24, 2.45) is 0 Å². The molecule has 0 saturated carbocycles. The van der Waals surface area contributed by atoms with Crippen molar-refractivity contribution in [1.29, 1.82) is 0 Å². The topological polar surface area (TPSA) is 72.5 Å². The van der Waals surface area contributed by atoms with Gasteiger partial charge in [0.25, 0.3) is 5.78 Å². The van der Waals surface area contributed by atoms with Crippen molar-refractivity contribution in [3.05, 3.63) is 46.2 Å². The lowest BCUT2D eigenvalue weighted by Gasteiger charge is -2.12. The van der Waals surface area contributed by atoms with E-state index in [1.54, 1.807) is 0 Å². The molecule has 126 valence electrons. The summed E-state index contributed by atoms with van der Waals surface area (Å²) in [6, 6.07) is 9.49. The summed E-state index contributed by atoms with van der Waals surface area (Å²) in [6.07, 6.45) is -0.607. The minimum atomic E-state index is -0.607. The van der Waals surface area contributed by atoms with Gasteiger partial charge in [0.2, 0.25) is 0 Å². The molecule has 0 aliphatic rings. The largest absolute Gasteiger partial charge is 0.491 e. The summed E-state index contributed by atoms with van der Waals surface area (Å²) in [4.78, 5) is 4.35. The van der Waals surface area contributed by atoms with E-state index < -0.39 is 6.10 Å². The molecule has 24 heavy (non-hydrogen) atoms. The van der Waals surface area contributed by atoms with Crippen LogP contribution in [0.15, 0.2) is 40.0 Å². The van der Waals surface area contributed by atoms with Crippen LogP contribution in [0, 0.1) is 13.8 Å². The number of aliphatic hydroxyl groups is 1. The Morgan fingerprint density at radius 1 is 1.25 bits per heavy atom. The van der Waals surface area contributed by atoms with Crippen LogP contribution in [-0.2, 0) is 0 Å². The molecule has 0 aliphatic carbocycles. The third kappa shape index (κ3) is 4.06. The number of hydrogen-bond acceptors (Lipinski definition) is 6. The number of hydrogen-bond donors (Lipinski definition) is 1. The highest BCUT2D eigenvalue weighted by atomic mass is 79.9. The summed E-state index contributed by atoms with van der Waals surface area (Å²) in [5.74, 6) is 1.77. The fourth-order valence-electron chi connectivity index (χ4n) is 2.24. The van der Waals surface area contributed by atoms with E-state index in [0.29, 0.717) is 11.5 Å². The second kappa shape index (κ2) is 7.50. The number of benzene rings is 1. The van der Waals surface area contributed by atoms with Crippen LogP contribution in [0.25, 0.3) is 5.78 Å². The molecule has 3 rings (SSSR count). The average Bonchev–Trinajstić information content (AvgIpc) is 2.95. The Morgan fingerprint density at radius 2 is 2.00 bits per heavy atom. The van der Waals surface area contributed by atoms with Gasteiger partial charge in [-0.15, -0.1) is 10.2 Å². The van der Waals surface area contributed by atoms with Crippen LogP contribution in [0.5, 0.6) is 5.75 Å². The molecule has 2 aromatic heterocycles. The number of halogens is 1. The molecule has 6 nitrogen and oxygen atoms in total. The van der Waals surface area contributed by atoms with Crippen LogP contribution < -0.4 is 4.74 Å². The van der Waals surface area contributed by atoms with Crippen molar-refractivity contribution in [2.45, 2.75) is 25.1 Å². The van der Waals surface area contributed by atoms with E-state index in [4.69, 9.17) is 4.74 Å². The maximum Gasteiger partial charge on any atom is 0.256 e. The second-order valence-corrected chi connectivity index (χ2v) is 7.29. The molecule has 8 heteroatoms. The van der Waals surface area contributed by atoms with Gasteiger partial charge in [0.15, 0.2) is 5.16 Å². The third-order valence-corrected chi connectivity index (χ3v) is 4.93. The molecule has 0 spiro atoms. The Kier molecular flexibility index (Phi) is 5.37. The van der Waals surface area contributed by atoms with Gasteiger partial charge in [-0.3, -0.25) is 4.40 Å². The summed E-state index contributed by atoms with van der Waals surface area (Å²) in [5, 5.41) is 19.1. The number of aryl methyl sites for hydroxylation is 2. The zero-order valence-corrected chi connectivity index (χ0v) is 15.7. The van der Waals surface area contributed by atoms with E-state index in [-0.39, 0.29) is 6.61 Å². The highest BCUT2D eigenvalue weighted by Crippen LogP contribution is 2.20. The van der Waals surface area contributed by atoms with Crippen molar-refractivity contribution < 1.29 is 9.84 Å². The fourth-order valence-corrected chi connectivity index (χ4v) is 3.39. The molecule has 3 aromatic rings. The van der Waals surface area contributed by atoms with Crippen molar-refractivity contribution in [3.63, 3.8) is 0 Å². The summed E-state index contributed by atoms with van der Waals surface area (Å²) < 4.78 is 8.46. The molecule has 0 radical (unpaired) electrons. The molecule has 0 fully saturated rings. The number of thioether (sulfide) groups is 1. The first-order valence-corrected chi connectivity index (χ1v) is 9.19. The minimum Gasteiger partial charge on any atom is -0.491 e. The lowest BCUT2D eigenvalue weighted by atomic mass is 10.3. The van der Waals surface area contributed by atoms with Gasteiger partial charge >= 0.3 is 0 Å². The van der Waals surface area contributed by atoms with Gasteiger partial charge in [0.1, 0.15) is 12.4 Å². The van der Waals surface area contributed by atoms with Crippen LogP contribution >= 0.6 is 27.7 Å². The standard InChI is InChI=1S/C16H17BrN4O2S/c1-10-7-11(2)21-15(18-10)19-20-16(21)24-9-13(22)8-23-14-5-3-12(17)4-6-14/h3-7,13,22H,8-9H2,1-2H3/t13-/m0/s1. The summed E-state index contributed by atoms with van der Waals surface area (Å²) in [5.41, 5.74) is 1.93. The van der Waals surface area contributed by atoms with Crippen molar-refractivity contribution >= 4 is 33.5 Å². The van der Waals surface area contributed by atoms with Gasteiger partial charge in [-0.25, -0.2) is 4.98 Å². The van der Waals surface area contributed by atoms with E-state index in [2.05, 4.69) is 31.1 Å². The monoisotopic (exact) mass is 408 g/mol. The molecule has 1 atom stereocenters. The maximum atomic E-state index is 10.1. The highest BCUT2D eigenvalue weighted by Gasteiger charge is 2.13. The molecule has 1 N–H and O–H groups in total. The number of rotatable bonds is 6. The summed E-state index contributed by atoms with van der Waals surface area (Å²) >= 11 is 4.81. The maximum absolute atomic E-state index is 10.1. The molecule has 1 aromatic carbocycles. The third-order valence-electron chi connectivity index (χ3n) is 3.32. The van der Waals surface area contributed by atoms with E-state index in [1.807, 2.05) is 48.6 Å². The van der Waals surface area contributed by atoms with Gasteiger partial charge in [-0.05, 0) is 44.2 Å². The summed E-state index contributed by atoms with van der Waals surface area (Å²) in [6.45, 7) is 4.14. The first-order chi connectivity index (χ1) is 11.5. The predicted octanol–water partition coefficient (Wildman–Crippen LogP) is 3.04. The molecule has 2 heterocycles. The Morgan fingerprint density at radius 3 is 2.75 bits per heavy atom. The van der Waals surface area contributed by atoms with Gasteiger partial charge < -0.3 is 9.84 Å². The highest BCUT2D eigenvalue weighted by molar-refractivity contribution is 9.10. The van der Waals surface area contributed by atoms with Crippen LogP contribution in [0.1, 0.15) is 11.4 Å². The molecule has 0 aliphatic heterocycles. The Balaban J connectivity index is 1.58. The van der Waals surface area contributed by atoms with Crippen molar-refractivity contribution in [3.8, 4) is 5.75 Å². The number of aliphatic hydroxyl groups excluding tert-OH is 1. The van der Waals surface area contributed by atoms with E-state index >= 15 is 0 Å². The average molecular weight is 409 g/mol. The minimum absolute atomic E-state index is 0.224. The molecule has 0 amide bonds. The molecule has 0 unspecified atom stereocenters. The van der Waals surface area contributed by atoms with Gasteiger partial charge in [-0.1, -0.05) is 27.7 Å². The van der Waals surface area contributed by atoms with Gasteiger partial charge in [0, 0.05) is 21.6 Å². The lowest BCUT2D eigenvalue weighted by Crippen LogP contribution is -2.20. The van der Waals surface area contributed by atoms with Crippen molar-refractivity contribution in [2.75, 3.05) is 12.4 Å². The molecule has 0 saturated heterocycles. The lowest BCUT2D eigenvalue weighted by molar-refractivity contribution is 0.126. The predicted molar refractivity (Wildman–Crippen MR) is 96.6 cm³/mol. The Labute approximate surface area is 152 Å². The Bertz CT molecular complexity index is 838. The number of nitrogens with zero attached hydrogens (tertiary/aromatic N) is 4. The molecular weight excluding hydrogens is 392 g/mol.